The number of carbonyl (C=O) groups excluding carboxylic acids is 1. The molecule has 1 aromatic rings. The fourth-order valence-electron chi connectivity index (χ4n) is 2.20. The van der Waals surface area contributed by atoms with Gasteiger partial charge in [0.05, 0.1) is 5.69 Å². The number of hydrogen-bond donors (Lipinski definition) is 2. The average molecular weight is 335 g/mol. The highest BCUT2D eigenvalue weighted by Crippen LogP contribution is 2.15. The molecule has 1 amide bonds. The van der Waals surface area contributed by atoms with E-state index in [0.717, 1.165) is 12.1 Å². The smallest absolute Gasteiger partial charge is 0.330 e. The summed E-state index contributed by atoms with van der Waals surface area (Å²) >= 11 is 0. The van der Waals surface area contributed by atoms with Crippen LogP contribution in [0.1, 0.15) is 57.7 Å². The number of carboxylic acids is 1. The molecule has 6 nitrogen and oxygen atoms in total. The third-order valence-electron chi connectivity index (χ3n) is 3.32. The summed E-state index contributed by atoms with van der Waals surface area (Å²) in [5, 5.41) is 16.3. The number of aromatic nitrogens is 2. The normalized spacial score (nSPS) is 13.5. The van der Waals surface area contributed by atoms with Crippen LogP contribution in [-0.2, 0) is 17.8 Å². The highest BCUT2D eigenvalue weighted by Gasteiger charge is 2.22. The molecule has 0 aliphatic heterocycles. The van der Waals surface area contributed by atoms with E-state index in [2.05, 4.69) is 24.3 Å². The lowest BCUT2D eigenvalue weighted by molar-refractivity contribution is -0.137. The van der Waals surface area contributed by atoms with Crippen LogP contribution in [0.15, 0.2) is 18.2 Å². The fourth-order valence-corrected chi connectivity index (χ4v) is 2.20. The number of carbonyl (C=O) groups is 2. The first kappa shape index (κ1) is 19.9. The second-order valence-corrected chi connectivity index (χ2v) is 7.45. The summed E-state index contributed by atoms with van der Waals surface area (Å²) in [5.41, 5.74) is 1.08. The molecule has 6 heteroatoms. The van der Waals surface area contributed by atoms with E-state index in [1.54, 1.807) is 16.8 Å². The summed E-state index contributed by atoms with van der Waals surface area (Å²) in [6.07, 6.45) is 4.08. The van der Waals surface area contributed by atoms with Crippen LogP contribution in [0.5, 0.6) is 0 Å². The number of rotatable bonds is 7. The number of aliphatic carboxylic acids is 1. The van der Waals surface area contributed by atoms with E-state index < -0.39 is 17.9 Å². The highest BCUT2D eigenvalue weighted by atomic mass is 16.4. The summed E-state index contributed by atoms with van der Waals surface area (Å²) in [7, 11) is 0. The van der Waals surface area contributed by atoms with Crippen molar-refractivity contribution in [2.45, 2.75) is 60.5 Å². The van der Waals surface area contributed by atoms with Gasteiger partial charge in [-0.1, -0.05) is 46.8 Å². The molecule has 2 N–H and O–H groups in total. The number of nitrogens with one attached hydrogen (secondary N) is 1. The zero-order valence-corrected chi connectivity index (χ0v) is 15.5. The summed E-state index contributed by atoms with van der Waals surface area (Å²) in [6.45, 7) is 12.5. The van der Waals surface area contributed by atoms with Gasteiger partial charge in [0.1, 0.15) is 11.7 Å². The van der Waals surface area contributed by atoms with Crippen molar-refractivity contribution in [3.05, 3.63) is 29.6 Å². The van der Waals surface area contributed by atoms with Gasteiger partial charge in [-0.15, -0.1) is 0 Å². The number of nitrogens with zero attached hydrogens (tertiary/aromatic N) is 2. The van der Waals surface area contributed by atoms with E-state index in [-0.39, 0.29) is 5.41 Å². The van der Waals surface area contributed by atoms with Crippen LogP contribution in [0.25, 0.3) is 0 Å². The van der Waals surface area contributed by atoms with Crippen LogP contribution in [0.4, 0.5) is 0 Å². The number of aryl methyl sites for hydroxylation is 1. The molecule has 0 aromatic carbocycles. The lowest BCUT2D eigenvalue weighted by Gasteiger charge is -2.15. The molecular weight excluding hydrogens is 306 g/mol. The molecule has 1 unspecified atom stereocenters. The molecular formula is C18H29N3O3. The quantitative estimate of drug-likeness (QED) is 0.750. The Morgan fingerprint density at radius 3 is 2.46 bits per heavy atom. The minimum Gasteiger partial charge on any atom is -0.479 e. The fraction of sp³-hybridized carbons (Fsp3) is 0.611. The molecule has 1 rings (SSSR count). The first-order valence-electron chi connectivity index (χ1n) is 8.33. The summed E-state index contributed by atoms with van der Waals surface area (Å²) in [6, 6.07) is 0.677. The lowest BCUT2D eigenvalue weighted by Crippen LogP contribution is -2.40. The van der Waals surface area contributed by atoms with Crippen molar-refractivity contribution in [2.75, 3.05) is 0 Å². The van der Waals surface area contributed by atoms with Gasteiger partial charge in [-0.2, -0.15) is 5.10 Å². The van der Waals surface area contributed by atoms with Gasteiger partial charge in [0.25, 0.3) is 5.91 Å². The maximum absolute atomic E-state index is 12.5. The molecule has 1 aromatic heterocycles. The Bertz CT molecular complexity index is 610. The van der Waals surface area contributed by atoms with Crippen LogP contribution >= 0.6 is 0 Å². The van der Waals surface area contributed by atoms with Gasteiger partial charge in [-0.3, -0.25) is 9.48 Å². The Hall–Kier alpha value is -2.11. The largest absolute Gasteiger partial charge is 0.479 e. The van der Waals surface area contributed by atoms with Crippen LogP contribution in [0.2, 0.25) is 0 Å². The third kappa shape index (κ3) is 6.18. The molecule has 1 heterocycles. The molecule has 1 atom stereocenters. The van der Waals surface area contributed by atoms with Crippen molar-refractivity contribution in [3.8, 4) is 0 Å². The molecule has 0 spiro atoms. The SMILES string of the molecule is CCn1nc(CC(C)C)cc1C(=O)NC(C=CC(C)(C)C)C(=O)O. The van der Waals surface area contributed by atoms with Crippen molar-refractivity contribution in [1.82, 2.24) is 15.1 Å². The first-order valence-corrected chi connectivity index (χ1v) is 8.33. The standard InChI is InChI=1S/C18H29N3O3/c1-7-21-15(11-13(20-21)10-12(2)3)16(22)19-14(17(23)24)8-9-18(4,5)6/h8-9,11-12,14H,7,10H2,1-6H3,(H,19,22)(H,23,24). The van der Waals surface area contributed by atoms with Crippen molar-refractivity contribution in [1.29, 1.82) is 0 Å². The van der Waals surface area contributed by atoms with Gasteiger partial charge in [0.2, 0.25) is 0 Å². The molecule has 0 fully saturated rings. The number of allylic oxidation sites excluding steroid dienone is 1. The van der Waals surface area contributed by atoms with Crippen LogP contribution in [-0.4, -0.2) is 32.8 Å². The maximum atomic E-state index is 12.5. The van der Waals surface area contributed by atoms with Gasteiger partial charge in [-0.25, -0.2) is 4.79 Å². The summed E-state index contributed by atoms with van der Waals surface area (Å²) in [4.78, 5) is 23.9. The molecule has 134 valence electrons. The van der Waals surface area contributed by atoms with Gasteiger partial charge in [-0.05, 0) is 30.7 Å². The summed E-state index contributed by atoms with van der Waals surface area (Å²) < 4.78 is 1.61. The van der Waals surface area contributed by atoms with E-state index in [1.807, 2.05) is 27.7 Å². The molecule has 0 aliphatic carbocycles. The van der Waals surface area contributed by atoms with Crippen molar-refractivity contribution in [2.24, 2.45) is 11.3 Å². The predicted octanol–water partition coefficient (Wildman–Crippen LogP) is 2.89. The topological polar surface area (TPSA) is 84.2 Å². The van der Waals surface area contributed by atoms with E-state index >= 15 is 0 Å². The van der Waals surface area contributed by atoms with E-state index in [0.29, 0.717) is 18.2 Å². The molecule has 0 saturated carbocycles. The first-order chi connectivity index (χ1) is 11.0. The van der Waals surface area contributed by atoms with Gasteiger partial charge >= 0.3 is 5.97 Å². The second-order valence-electron chi connectivity index (χ2n) is 7.45. The lowest BCUT2D eigenvalue weighted by atomic mass is 9.95. The highest BCUT2D eigenvalue weighted by molar-refractivity contribution is 5.95. The second kappa shape index (κ2) is 8.13. The third-order valence-corrected chi connectivity index (χ3v) is 3.32. The van der Waals surface area contributed by atoms with Crippen LogP contribution < -0.4 is 5.32 Å². The molecule has 0 radical (unpaired) electrons. The van der Waals surface area contributed by atoms with Gasteiger partial charge in [0, 0.05) is 6.54 Å². The Morgan fingerprint density at radius 1 is 1.38 bits per heavy atom. The Balaban J connectivity index is 2.97. The van der Waals surface area contributed by atoms with Crippen LogP contribution in [0, 0.1) is 11.3 Å². The van der Waals surface area contributed by atoms with E-state index in [4.69, 9.17) is 0 Å². The predicted molar refractivity (Wildman–Crippen MR) is 93.9 cm³/mol. The molecule has 24 heavy (non-hydrogen) atoms. The number of amides is 1. The summed E-state index contributed by atoms with van der Waals surface area (Å²) in [5.74, 6) is -1.08. The zero-order chi connectivity index (χ0) is 18.5. The van der Waals surface area contributed by atoms with Crippen molar-refractivity contribution < 1.29 is 14.7 Å². The number of carboxylic acid groups (broad SMARTS) is 1. The van der Waals surface area contributed by atoms with Crippen molar-refractivity contribution in [3.63, 3.8) is 0 Å². The van der Waals surface area contributed by atoms with E-state index in [9.17, 15) is 14.7 Å². The Morgan fingerprint density at radius 2 is 2.00 bits per heavy atom. The van der Waals surface area contributed by atoms with E-state index in [1.165, 1.54) is 6.08 Å². The average Bonchev–Trinajstić information content (AvgIpc) is 2.84. The Kier molecular flexibility index (Phi) is 6.75. The van der Waals surface area contributed by atoms with Gasteiger partial charge < -0.3 is 10.4 Å². The molecule has 0 saturated heterocycles. The monoisotopic (exact) mass is 335 g/mol. The van der Waals surface area contributed by atoms with Crippen molar-refractivity contribution >= 4 is 11.9 Å². The molecule has 0 aliphatic rings. The minimum absolute atomic E-state index is 0.159. The Labute approximate surface area is 143 Å². The maximum Gasteiger partial charge on any atom is 0.330 e. The zero-order valence-electron chi connectivity index (χ0n) is 15.5. The number of hydrogen-bond acceptors (Lipinski definition) is 3. The molecule has 0 bridgehead atoms. The van der Waals surface area contributed by atoms with Crippen LogP contribution in [0.3, 0.4) is 0 Å². The van der Waals surface area contributed by atoms with Gasteiger partial charge in [0.15, 0.2) is 0 Å². The minimum atomic E-state index is -1.09.